The average Bonchev–Trinajstić information content (AvgIpc) is 3.20. The van der Waals surface area contributed by atoms with E-state index in [-0.39, 0.29) is 17.5 Å². The molecule has 0 spiro atoms. The van der Waals surface area contributed by atoms with Gasteiger partial charge in [-0.2, -0.15) is 9.78 Å². The van der Waals surface area contributed by atoms with Crippen molar-refractivity contribution < 1.29 is 4.79 Å². The van der Waals surface area contributed by atoms with E-state index in [1.165, 1.54) is 30.4 Å². The molecular weight excluding hydrogens is 399 g/mol. The number of benzene rings is 1. The number of hydrogen-bond donors (Lipinski definition) is 0. The predicted octanol–water partition coefficient (Wildman–Crippen LogP) is 3.38. The molecule has 1 aromatic carbocycles. The fourth-order valence-electron chi connectivity index (χ4n) is 4.02. The van der Waals surface area contributed by atoms with Gasteiger partial charge in [-0.05, 0) is 43.0 Å². The molecule has 148 valence electrons. The Morgan fingerprint density at radius 3 is 2.43 bits per heavy atom. The van der Waals surface area contributed by atoms with Gasteiger partial charge in [0.25, 0.3) is 5.56 Å². The lowest BCUT2D eigenvalue weighted by molar-refractivity contribution is -0.131. The summed E-state index contributed by atoms with van der Waals surface area (Å²) in [4.78, 5) is 29.1. The second kappa shape index (κ2) is 8.13. The van der Waals surface area contributed by atoms with E-state index in [1.54, 1.807) is 30.5 Å². The molecule has 2 heterocycles. The maximum absolute atomic E-state index is 12.7. The van der Waals surface area contributed by atoms with Gasteiger partial charge in [-0.3, -0.25) is 9.59 Å². The van der Waals surface area contributed by atoms with Gasteiger partial charge in [-0.1, -0.05) is 36.0 Å². The molecule has 0 atom stereocenters. The van der Waals surface area contributed by atoms with Crippen LogP contribution in [0.4, 0.5) is 5.69 Å². The largest absolute Gasteiger partial charge is 0.358 e. The molecule has 0 unspecified atom stereocenters. The van der Waals surface area contributed by atoms with Crippen molar-refractivity contribution >= 4 is 34.8 Å². The highest BCUT2D eigenvalue weighted by Gasteiger charge is 2.29. The molecule has 1 amide bonds. The highest BCUT2D eigenvalue weighted by Crippen LogP contribution is 2.27. The number of anilines is 1. The van der Waals surface area contributed by atoms with Crippen LogP contribution >= 0.6 is 23.2 Å². The van der Waals surface area contributed by atoms with Gasteiger partial charge < -0.3 is 9.80 Å². The molecule has 1 saturated carbocycles. The fourth-order valence-corrected chi connectivity index (χ4v) is 4.40. The average molecular weight is 421 g/mol. The van der Waals surface area contributed by atoms with E-state index in [4.69, 9.17) is 23.2 Å². The van der Waals surface area contributed by atoms with Crippen LogP contribution in [-0.2, 0) is 4.79 Å². The van der Waals surface area contributed by atoms with Crippen LogP contribution in [0.3, 0.4) is 0 Å². The quantitative estimate of drug-likeness (QED) is 0.760. The van der Waals surface area contributed by atoms with E-state index in [2.05, 4.69) is 5.10 Å². The van der Waals surface area contributed by atoms with Gasteiger partial charge in [0, 0.05) is 24.7 Å². The minimum atomic E-state index is -0.415. The molecule has 1 aliphatic carbocycles. The summed E-state index contributed by atoms with van der Waals surface area (Å²) < 4.78 is 1.24. The Labute approximate surface area is 173 Å². The zero-order chi connectivity index (χ0) is 19.7. The molecule has 0 radical (unpaired) electrons. The van der Waals surface area contributed by atoms with Crippen LogP contribution in [0.2, 0.25) is 10.0 Å². The first-order valence-electron chi connectivity index (χ1n) is 9.59. The lowest BCUT2D eigenvalue weighted by Gasteiger charge is -2.36. The lowest BCUT2D eigenvalue weighted by Crippen LogP contribution is -2.52. The number of rotatable bonds is 4. The van der Waals surface area contributed by atoms with Crippen molar-refractivity contribution in [3.8, 4) is 5.69 Å². The van der Waals surface area contributed by atoms with Gasteiger partial charge in [0.2, 0.25) is 5.91 Å². The Morgan fingerprint density at radius 2 is 1.75 bits per heavy atom. The number of hydrogen-bond acceptors (Lipinski definition) is 4. The summed E-state index contributed by atoms with van der Waals surface area (Å²) in [6.45, 7) is 2.35. The third-order valence-corrected chi connectivity index (χ3v) is 6.19. The number of halogens is 2. The van der Waals surface area contributed by atoms with Crippen molar-refractivity contribution in [2.24, 2.45) is 5.92 Å². The summed E-state index contributed by atoms with van der Waals surface area (Å²) in [5, 5.41) is 4.90. The predicted molar refractivity (Wildman–Crippen MR) is 111 cm³/mol. The van der Waals surface area contributed by atoms with Gasteiger partial charge in [0.15, 0.2) is 0 Å². The SMILES string of the molecule is O=C1CN(c2cnn(-c3ccc(Cl)cc3)c(=O)c2Cl)CCN1CC1CCCC1. The topological polar surface area (TPSA) is 58.4 Å². The van der Waals surface area contributed by atoms with Crippen LogP contribution in [0.15, 0.2) is 35.3 Å². The van der Waals surface area contributed by atoms with Crippen LogP contribution in [0, 0.1) is 5.92 Å². The van der Waals surface area contributed by atoms with Crippen LogP contribution in [0.25, 0.3) is 5.69 Å². The number of carbonyl (C=O) groups is 1. The Morgan fingerprint density at radius 1 is 1.04 bits per heavy atom. The lowest BCUT2D eigenvalue weighted by atomic mass is 10.1. The first-order valence-corrected chi connectivity index (χ1v) is 10.3. The Balaban J connectivity index is 1.50. The standard InChI is InChI=1S/C20H22Cl2N4O2/c21-15-5-7-16(8-6-15)26-20(28)19(22)17(11-23-26)24-9-10-25(18(27)13-24)12-14-3-1-2-4-14/h5-8,11,14H,1-4,9-10,12-13H2. The molecule has 1 aromatic heterocycles. The summed E-state index contributed by atoms with van der Waals surface area (Å²) in [6.07, 6.45) is 6.52. The smallest absolute Gasteiger partial charge is 0.292 e. The molecule has 1 aliphatic heterocycles. The van der Waals surface area contributed by atoms with Crippen LogP contribution in [-0.4, -0.2) is 46.8 Å². The van der Waals surface area contributed by atoms with Crippen molar-refractivity contribution in [3.05, 3.63) is 50.9 Å². The van der Waals surface area contributed by atoms with E-state index in [0.29, 0.717) is 35.4 Å². The third kappa shape index (κ3) is 3.89. The Hall–Kier alpha value is -2.05. The van der Waals surface area contributed by atoms with Crippen molar-refractivity contribution in [3.63, 3.8) is 0 Å². The molecule has 2 aromatic rings. The maximum Gasteiger partial charge on any atom is 0.292 e. The van der Waals surface area contributed by atoms with Crippen molar-refractivity contribution in [2.75, 3.05) is 31.1 Å². The van der Waals surface area contributed by atoms with Crippen molar-refractivity contribution in [1.82, 2.24) is 14.7 Å². The highest BCUT2D eigenvalue weighted by molar-refractivity contribution is 6.33. The molecule has 6 nitrogen and oxygen atoms in total. The fraction of sp³-hybridized carbons (Fsp3) is 0.450. The molecule has 2 aliphatic rings. The number of carbonyl (C=O) groups excluding carboxylic acids is 1. The number of nitrogens with zero attached hydrogens (tertiary/aromatic N) is 4. The second-order valence-electron chi connectivity index (χ2n) is 7.45. The second-order valence-corrected chi connectivity index (χ2v) is 8.26. The maximum atomic E-state index is 12.7. The first kappa shape index (κ1) is 19.3. The minimum absolute atomic E-state index is 0.0713. The molecule has 8 heteroatoms. The molecule has 4 rings (SSSR count). The van der Waals surface area contributed by atoms with Crippen LogP contribution in [0.5, 0.6) is 0 Å². The van der Waals surface area contributed by atoms with E-state index in [1.807, 2.05) is 9.80 Å². The molecule has 1 saturated heterocycles. The van der Waals surface area contributed by atoms with E-state index in [0.717, 1.165) is 6.54 Å². The van der Waals surface area contributed by atoms with Gasteiger partial charge >= 0.3 is 0 Å². The zero-order valence-corrected chi connectivity index (χ0v) is 17.0. The summed E-state index contributed by atoms with van der Waals surface area (Å²) in [6, 6.07) is 6.79. The van der Waals surface area contributed by atoms with Gasteiger partial charge in [-0.15, -0.1) is 0 Å². The summed E-state index contributed by atoms with van der Waals surface area (Å²) in [7, 11) is 0. The monoisotopic (exact) mass is 420 g/mol. The summed E-state index contributed by atoms with van der Waals surface area (Å²) in [5.41, 5.74) is 0.674. The summed E-state index contributed by atoms with van der Waals surface area (Å²) in [5.74, 6) is 0.708. The van der Waals surface area contributed by atoms with Gasteiger partial charge in [0.05, 0.1) is 24.1 Å². The third-order valence-electron chi connectivity index (χ3n) is 5.58. The summed E-state index contributed by atoms with van der Waals surface area (Å²) >= 11 is 12.3. The van der Waals surface area contributed by atoms with Gasteiger partial charge in [-0.25, -0.2) is 0 Å². The molecule has 28 heavy (non-hydrogen) atoms. The van der Waals surface area contributed by atoms with Crippen LogP contribution < -0.4 is 10.5 Å². The Kier molecular flexibility index (Phi) is 5.60. The highest BCUT2D eigenvalue weighted by atomic mass is 35.5. The molecule has 2 fully saturated rings. The van der Waals surface area contributed by atoms with Crippen molar-refractivity contribution in [1.29, 1.82) is 0 Å². The number of aromatic nitrogens is 2. The van der Waals surface area contributed by atoms with Crippen LogP contribution in [0.1, 0.15) is 25.7 Å². The van der Waals surface area contributed by atoms with Gasteiger partial charge in [0.1, 0.15) is 5.02 Å². The molecule has 0 bridgehead atoms. The minimum Gasteiger partial charge on any atom is -0.358 e. The first-order chi connectivity index (χ1) is 13.5. The number of amides is 1. The molecular formula is C20H22Cl2N4O2. The Bertz CT molecular complexity index is 923. The van der Waals surface area contributed by atoms with E-state index >= 15 is 0 Å². The van der Waals surface area contributed by atoms with Crippen molar-refractivity contribution in [2.45, 2.75) is 25.7 Å². The normalized spacial score (nSPS) is 18.1. The number of piperazine rings is 1. The zero-order valence-electron chi connectivity index (χ0n) is 15.5. The van der Waals surface area contributed by atoms with E-state index in [9.17, 15) is 9.59 Å². The van der Waals surface area contributed by atoms with E-state index < -0.39 is 5.56 Å². The molecule has 0 N–H and O–H groups in total.